The molecule has 0 aliphatic carbocycles. The molecule has 0 aromatic heterocycles. The second kappa shape index (κ2) is 29.2. The van der Waals surface area contributed by atoms with Crippen LogP contribution in [-0.4, -0.2) is 78.6 Å². The Morgan fingerprint density at radius 1 is 0.512 bits per heavy atom. The Morgan fingerprint density at radius 2 is 0.756 bits per heavy atom. The highest BCUT2D eigenvalue weighted by molar-refractivity contribution is 5.69. The van der Waals surface area contributed by atoms with Crippen molar-refractivity contribution in [1.82, 2.24) is 0 Å². The number of carbonyl (C=O) groups is 1. The lowest BCUT2D eigenvalue weighted by molar-refractivity contribution is -0.207. The Labute approximate surface area is 253 Å². The van der Waals surface area contributed by atoms with Crippen LogP contribution in [0.3, 0.4) is 0 Å². The van der Waals surface area contributed by atoms with Crippen molar-refractivity contribution in [2.45, 2.75) is 184 Å². The molecule has 0 spiro atoms. The molecule has 0 atom stereocenters. The van der Waals surface area contributed by atoms with E-state index in [2.05, 4.69) is 13.8 Å². The second-order valence-electron chi connectivity index (χ2n) is 10.9. The van der Waals surface area contributed by atoms with Crippen LogP contribution in [0.5, 0.6) is 0 Å². The van der Waals surface area contributed by atoms with Crippen LogP contribution >= 0.6 is 0 Å². The van der Waals surface area contributed by atoms with E-state index in [-0.39, 0.29) is 11.6 Å². The highest BCUT2D eigenvalue weighted by Crippen LogP contribution is 2.14. The van der Waals surface area contributed by atoms with Gasteiger partial charge in [0.2, 0.25) is 0 Å². The molecule has 0 amide bonds. The van der Waals surface area contributed by atoms with E-state index in [4.69, 9.17) is 44.8 Å². The molecule has 0 rings (SSSR count). The van der Waals surface area contributed by atoms with Crippen LogP contribution in [0.15, 0.2) is 0 Å². The van der Waals surface area contributed by atoms with E-state index in [0.717, 1.165) is 6.42 Å². The maximum Gasteiger partial charge on any atom is 0.306 e. The molecule has 6 N–H and O–H groups in total. The van der Waals surface area contributed by atoms with E-state index in [0.29, 0.717) is 38.9 Å². The predicted molar refractivity (Wildman–Crippen MR) is 168 cm³/mol. The van der Waals surface area contributed by atoms with Crippen molar-refractivity contribution >= 4 is 5.97 Å². The molecule has 10 nitrogen and oxygen atoms in total. The molecular formula is C31H72O10. The molecule has 0 unspecified atom stereocenters. The topological polar surface area (TPSA) is 166 Å². The summed E-state index contributed by atoms with van der Waals surface area (Å²) in [6.45, 7) is 30.3. The van der Waals surface area contributed by atoms with Crippen molar-refractivity contribution in [2.75, 3.05) is 13.2 Å². The SMILES string of the molecule is CCC(=O)OC(C)(C)CC.CCC(C)(O)O.CCC(C)(O)O.CCC(C)(O)O.CCCC.CCOC(C)(C)OCC. The van der Waals surface area contributed by atoms with Gasteiger partial charge in [-0.25, -0.2) is 0 Å². The summed E-state index contributed by atoms with van der Waals surface area (Å²) in [7, 11) is 0. The Kier molecular flexibility index (Phi) is 37.6. The van der Waals surface area contributed by atoms with Crippen LogP contribution in [-0.2, 0) is 19.0 Å². The molecule has 0 radical (unpaired) electrons. The molecule has 0 saturated carbocycles. The van der Waals surface area contributed by atoms with E-state index < -0.39 is 23.1 Å². The van der Waals surface area contributed by atoms with Crippen molar-refractivity contribution in [1.29, 1.82) is 0 Å². The molecule has 0 fully saturated rings. The number of aliphatic hydroxyl groups is 6. The number of rotatable bonds is 11. The molecule has 0 heterocycles. The maximum absolute atomic E-state index is 10.8. The first-order valence-electron chi connectivity index (χ1n) is 15.1. The zero-order chi connectivity index (χ0) is 34.6. The lowest BCUT2D eigenvalue weighted by atomic mass is 10.1. The molecule has 41 heavy (non-hydrogen) atoms. The molecule has 256 valence electrons. The van der Waals surface area contributed by atoms with Gasteiger partial charge in [-0.05, 0) is 88.0 Å². The molecule has 0 aliphatic rings. The monoisotopic (exact) mass is 605 g/mol. The van der Waals surface area contributed by atoms with Crippen molar-refractivity contribution in [3.05, 3.63) is 0 Å². The predicted octanol–water partition coefficient (Wildman–Crippen LogP) is 6.02. The fraction of sp³-hybridized carbons (Fsp3) is 0.968. The zero-order valence-corrected chi connectivity index (χ0v) is 29.7. The van der Waals surface area contributed by atoms with Crippen LogP contribution in [0.2, 0.25) is 0 Å². The number of unbranched alkanes of at least 4 members (excludes halogenated alkanes) is 1. The average Bonchev–Trinajstić information content (AvgIpc) is 2.84. The average molecular weight is 605 g/mol. The van der Waals surface area contributed by atoms with Crippen molar-refractivity contribution < 1.29 is 49.6 Å². The summed E-state index contributed by atoms with van der Waals surface area (Å²) in [6.07, 6.45) is 5.11. The third-order valence-electron chi connectivity index (χ3n) is 5.02. The molecule has 0 saturated heterocycles. The van der Waals surface area contributed by atoms with Gasteiger partial charge in [0.25, 0.3) is 0 Å². The van der Waals surface area contributed by atoms with Gasteiger partial charge >= 0.3 is 5.97 Å². The number of carbonyl (C=O) groups excluding carboxylic acids is 1. The van der Waals surface area contributed by atoms with E-state index >= 15 is 0 Å². The van der Waals surface area contributed by atoms with Gasteiger partial charge in [0.05, 0.1) is 0 Å². The normalized spacial score (nSPS) is 11.4. The van der Waals surface area contributed by atoms with Gasteiger partial charge in [0.1, 0.15) is 5.60 Å². The number of hydrogen-bond donors (Lipinski definition) is 6. The Hall–Kier alpha value is -0.850. The summed E-state index contributed by atoms with van der Waals surface area (Å²) in [5.74, 6) is -4.89. The maximum atomic E-state index is 10.8. The molecule has 0 aromatic rings. The highest BCUT2D eigenvalue weighted by atomic mass is 16.7. The summed E-state index contributed by atoms with van der Waals surface area (Å²) in [4.78, 5) is 10.8. The van der Waals surface area contributed by atoms with Gasteiger partial charge in [-0.3, -0.25) is 4.79 Å². The fourth-order valence-corrected chi connectivity index (χ4v) is 1.19. The molecular weight excluding hydrogens is 532 g/mol. The first-order valence-corrected chi connectivity index (χ1v) is 15.1. The lowest BCUT2D eigenvalue weighted by Gasteiger charge is -2.23. The van der Waals surface area contributed by atoms with Crippen molar-refractivity contribution in [3.63, 3.8) is 0 Å². The van der Waals surface area contributed by atoms with Crippen LogP contribution in [0.25, 0.3) is 0 Å². The lowest BCUT2D eigenvalue weighted by Crippen LogP contribution is -2.28. The molecule has 0 aromatic carbocycles. The van der Waals surface area contributed by atoms with Crippen LogP contribution in [0, 0.1) is 0 Å². The standard InChI is InChI=1S/C8H16O2.C7H16O2.3C4H10O2.C4H10/c1-5-7(9)10-8(3,4)6-2;1-5-8-7(3,4)9-6-2;3*1-3-4(2,5)6;1-3-4-2/h5-6H2,1-4H3;5-6H2,1-4H3;3*5-6H,3H2,1-2H3;3-4H2,1-2H3. The quantitative estimate of drug-likeness (QED) is 0.121. The number of esters is 1. The molecule has 0 aliphatic heterocycles. The molecule has 10 heteroatoms. The molecule has 0 bridgehead atoms. The second-order valence-corrected chi connectivity index (χ2v) is 10.9. The number of ether oxygens (including phenoxy) is 3. The van der Waals surface area contributed by atoms with Crippen LogP contribution < -0.4 is 0 Å². The zero-order valence-electron chi connectivity index (χ0n) is 29.7. The van der Waals surface area contributed by atoms with Gasteiger partial charge in [-0.1, -0.05) is 61.3 Å². The minimum atomic E-state index is -1.46. The van der Waals surface area contributed by atoms with E-state index in [1.54, 1.807) is 27.7 Å². The Bertz CT molecular complexity index is 485. The van der Waals surface area contributed by atoms with Gasteiger partial charge in [-0.2, -0.15) is 0 Å². The van der Waals surface area contributed by atoms with Gasteiger partial charge < -0.3 is 44.8 Å². The van der Waals surface area contributed by atoms with E-state index in [1.165, 1.54) is 33.6 Å². The van der Waals surface area contributed by atoms with E-state index in [9.17, 15) is 4.79 Å². The highest BCUT2D eigenvalue weighted by Gasteiger charge is 2.18. The van der Waals surface area contributed by atoms with Crippen LogP contribution in [0.4, 0.5) is 0 Å². The minimum absolute atomic E-state index is 0.119. The third-order valence-corrected chi connectivity index (χ3v) is 5.02. The van der Waals surface area contributed by atoms with E-state index in [1.807, 2.05) is 48.5 Å². The third kappa shape index (κ3) is 73.3. The van der Waals surface area contributed by atoms with Crippen molar-refractivity contribution in [2.24, 2.45) is 0 Å². The summed E-state index contributed by atoms with van der Waals surface area (Å²) in [6, 6.07) is 0. The van der Waals surface area contributed by atoms with Gasteiger partial charge in [0, 0.05) is 19.6 Å². The fourth-order valence-electron chi connectivity index (χ4n) is 1.19. The summed E-state index contributed by atoms with van der Waals surface area (Å²) >= 11 is 0. The Morgan fingerprint density at radius 3 is 0.878 bits per heavy atom. The minimum Gasteiger partial charge on any atom is -0.460 e. The number of hydrogen-bond acceptors (Lipinski definition) is 10. The van der Waals surface area contributed by atoms with Gasteiger partial charge in [0.15, 0.2) is 23.1 Å². The summed E-state index contributed by atoms with van der Waals surface area (Å²) in [5, 5.41) is 50.3. The summed E-state index contributed by atoms with van der Waals surface area (Å²) < 4.78 is 15.6. The van der Waals surface area contributed by atoms with Gasteiger partial charge in [-0.15, -0.1) is 0 Å². The summed E-state index contributed by atoms with van der Waals surface area (Å²) in [5.41, 5.74) is -0.285. The Balaban J connectivity index is -0.0000000919. The largest absolute Gasteiger partial charge is 0.460 e. The smallest absolute Gasteiger partial charge is 0.306 e. The van der Waals surface area contributed by atoms with Crippen molar-refractivity contribution in [3.8, 4) is 0 Å². The first-order chi connectivity index (χ1) is 18.2. The van der Waals surface area contributed by atoms with Crippen LogP contribution in [0.1, 0.15) is 156 Å². The first kappa shape index (κ1) is 52.8.